The lowest BCUT2D eigenvalue weighted by Gasteiger charge is -2.24. The summed E-state index contributed by atoms with van der Waals surface area (Å²) in [6.45, 7) is 0. The number of amides is 1. The molecule has 11 heavy (non-hydrogen) atoms. The number of rotatable bonds is 4. The van der Waals surface area contributed by atoms with E-state index in [-0.39, 0.29) is 5.91 Å². The van der Waals surface area contributed by atoms with Crippen LogP contribution in [-0.4, -0.2) is 5.91 Å². The van der Waals surface area contributed by atoms with Crippen molar-refractivity contribution < 1.29 is 4.79 Å². The van der Waals surface area contributed by atoms with E-state index < -0.39 is 0 Å². The van der Waals surface area contributed by atoms with Crippen molar-refractivity contribution >= 4 is 5.91 Å². The third kappa shape index (κ3) is 2.89. The van der Waals surface area contributed by atoms with Gasteiger partial charge < -0.3 is 0 Å². The van der Waals surface area contributed by atoms with E-state index in [0.29, 0.717) is 6.42 Å². The normalized spacial score (nSPS) is 17.5. The van der Waals surface area contributed by atoms with Crippen LogP contribution < -0.4 is 11.3 Å². The van der Waals surface area contributed by atoms with Crippen molar-refractivity contribution in [1.82, 2.24) is 5.43 Å². The van der Waals surface area contributed by atoms with Crippen LogP contribution in [0.15, 0.2) is 0 Å². The lowest BCUT2D eigenvalue weighted by Crippen LogP contribution is -2.29. The Balaban J connectivity index is 1.90. The molecule has 0 unspecified atom stereocenters. The van der Waals surface area contributed by atoms with Crippen LogP contribution >= 0.6 is 0 Å². The molecule has 1 amide bonds. The van der Waals surface area contributed by atoms with Gasteiger partial charge in [0, 0.05) is 6.42 Å². The maximum absolute atomic E-state index is 10.7. The number of nitrogens with one attached hydrogen (secondary N) is 1. The average molecular weight is 156 g/mol. The summed E-state index contributed by atoms with van der Waals surface area (Å²) in [4.78, 5) is 10.7. The maximum atomic E-state index is 10.7. The van der Waals surface area contributed by atoms with Gasteiger partial charge >= 0.3 is 0 Å². The molecule has 64 valence electrons. The van der Waals surface area contributed by atoms with Gasteiger partial charge in [-0.1, -0.05) is 19.3 Å². The minimum Gasteiger partial charge on any atom is -0.294 e. The molecule has 0 aromatic carbocycles. The molecular weight excluding hydrogens is 140 g/mol. The Kier molecular flexibility index (Phi) is 3.36. The highest BCUT2D eigenvalue weighted by molar-refractivity contribution is 5.75. The van der Waals surface area contributed by atoms with Crippen LogP contribution in [0.1, 0.15) is 38.5 Å². The molecule has 3 N–H and O–H groups in total. The van der Waals surface area contributed by atoms with Crippen molar-refractivity contribution in [3.05, 3.63) is 0 Å². The van der Waals surface area contributed by atoms with Crippen LogP contribution in [0.4, 0.5) is 0 Å². The molecule has 0 bridgehead atoms. The van der Waals surface area contributed by atoms with Gasteiger partial charge in [-0.3, -0.25) is 10.2 Å². The molecule has 0 atom stereocenters. The Labute approximate surface area is 67.3 Å². The molecule has 3 nitrogen and oxygen atoms in total. The van der Waals surface area contributed by atoms with E-state index >= 15 is 0 Å². The predicted molar refractivity (Wildman–Crippen MR) is 43.5 cm³/mol. The first-order valence-electron chi connectivity index (χ1n) is 4.32. The van der Waals surface area contributed by atoms with E-state index in [2.05, 4.69) is 5.43 Å². The molecule has 1 aliphatic carbocycles. The summed E-state index contributed by atoms with van der Waals surface area (Å²) < 4.78 is 0. The molecule has 0 radical (unpaired) electrons. The highest BCUT2D eigenvalue weighted by Gasteiger charge is 2.16. The van der Waals surface area contributed by atoms with Crippen LogP contribution in [0.3, 0.4) is 0 Å². The Morgan fingerprint density at radius 1 is 1.55 bits per heavy atom. The van der Waals surface area contributed by atoms with E-state index in [1.165, 1.54) is 25.7 Å². The van der Waals surface area contributed by atoms with Gasteiger partial charge in [-0.15, -0.1) is 0 Å². The lowest BCUT2D eigenvalue weighted by atomic mass is 9.82. The highest BCUT2D eigenvalue weighted by atomic mass is 16.2. The highest BCUT2D eigenvalue weighted by Crippen LogP contribution is 2.30. The predicted octanol–water partition coefficient (Wildman–Crippen LogP) is 0.947. The molecule has 1 saturated carbocycles. The molecule has 1 rings (SSSR count). The number of nitrogens with two attached hydrogens (primary N) is 1. The minimum absolute atomic E-state index is 0.0377. The van der Waals surface area contributed by atoms with Gasteiger partial charge in [0.1, 0.15) is 0 Å². The van der Waals surface area contributed by atoms with Crippen LogP contribution in [0.25, 0.3) is 0 Å². The van der Waals surface area contributed by atoms with Gasteiger partial charge in [0.2, 0.25) is 5.91 Å². The second-order valence-electron chi connectivity index (χ2n) is 3.26. The third-order valence-electron chi connectivity index (χ3n) is 2.40. The first kappa shape index (κ1) is 8.53. The molecule has 0 saturated heterocycles. The SMILES string of the molecule is NNC(=O)CCCC1CCC1. The van der Waals surface area contributed by atoms with E-state index in [9.17, 15) is 4.79 Å². The molecule has 0 heterocycles. The molecule has 3 heteroatoms. The topological polar surface area (TPSA) is 55.1 Å². The quantitative estimate of drug-likeness (QED) is 0.361. The van der Waals surface area contributed by atoms with E-state index in [0.717, 1.165) is 12.3 Å². The number of hydrogen-bond donors (Lipinski definition) is 2. The zero-order valence-corrected chi connectivity index (χ0v) is 6.81. The minimum atomic E-state index is -0.0377. The van der Waals surface area contributed by atoms with Crippen molar-refractivity contribution in [3.63, 3.8) is 0 Å². The second kappa shape index (κ2) is 4.34. The van der Waals surface area contributed by atoms with Crippen molar-refractivity contribution in [1.29, 1.82) is 0 Å². The first-order chi connectivity index (χ1) is 5.33. The number of hydrogen-bond acceptors (Lipinski definition) is 2. The summed E-state index contributed by atoms with van der Waals surface area (Å²) in [5.74, 6) is 5.80. The molecule has 0 spiro atoms. The zero-order chi connectivity index (χ0) is 8.10. The molecule has 1 fully saturated rings. The Bertz CT molecular complexity index is 132. The summed E-state index contributed by atoms with van der Waals surface area (Å²) in [6, 6.07) is 0. The Hall–Kier alpha value is -0.570. The van der Waals surface area contributed by atoms with Crippen LogP contribution in [0, 0.1) is 5.92 Å². The lowest BCUT2D eigenvalue weighted by molar-refractivity contribution is -0.121. The molecule has 0 aromatic heterocycles. The Morgan fingerprint density at radius 2 is 2.27 bits per heavy atom. The van der Waals surface area contributed by atoms with Gasteiger partial charge in [-0.2, -0.15) is 0 Å². The summed E-state index contributed by atoms with van der Waals surface area (Å²) in [5.41, 5.74) is 2.14. The van der Waals surface area contributed by atoms with Gasteiger partial charge in [-0.05, 0) is 18.8 Å². The van der Waals surface area contributed by atoms with Crippen molar-refractivity contribution in [2.24, 2.45) is 11.8 Å². The van der Waals surface area contributed by atoms with Gasteiger partial charge in [0.25, 0.3) is 0 Å². The standard InChI is InChI=1S/C8H16N2O/c9-10-8(11)6-2-5-7-3-1-4-7/h7H,1-6,9H2,(H,10,11). The first-order valence-corrected chi connectivity index (χ1v) is 4.32. The van der Waals surface area contributed by atoms with Crippen LogP contribution in [0.2, 0.25) is 0 Å². The third-order valence-corrected chi connectivity index (χ3v) is 2.40. The largest absolute Gasteiger partial charge is 0.294 e. The fraction of sp³-hybridized carbons (Fsp3) is 0.875. The maximum Gasteiger partial charge on any atom is 0.233 e. The fourth-order valence-corrected chi connectivity index (χ4v) is 1.40. The van der Waals surface area contributed by atoms with Crippen molar-refractivity contribution in [2.75, 3.05) is 0 Å². The van der Waals surface area contributed by atoms with Gasteiger partial charge in [0.15, 0.2) is 0 Å². The number of carbonyl (C=O) groups excluding carboxylic acids is 1. The number of carbonyl (C=O) groups is 1. The van der Waals surface area contributed by atoms with E-state index in [4.69, 9.17) is 5.84 Å². The summed E-state index contributed by atoms with van der Waals surface area (Å²) in [5, 5.41) is 0. The molecule has 0 aromatic rings. The van der Waals surface area contributed by atoms with Crippen LogP contribution in [-0.2, 0) is 4.79 Å². The van der Waals surface area contributed by atoms with Crippen molar-refractivity contribution in [2.45, 2.75) is 38.5 Å². The van der Waals surface area contributed by atoms with Gasteiger partial charge in [-0.25, -0.2) is 5.84 Å². The van der Waals surface area contributed by atoms with Crippen molar-refractivity contribution in [3.8, 4) is 0 Å². The average Bonchev–Trinajstić information content (AvgIpc) is 1.94. The molecule has 1 aliphatic rings. The zero-order valence-electron chi connectivity index (χ0n) is 6.81. The van der Waals surface area contributed by atoms with Gasteiger partial charge in [0.05, 0.1) is 0 Å². The second-order valence-corrected chi connectivity index (χ2v) is 3.26. The number of hydrazine groups is 1. The summed E-state index contributed by atoms with van der Waals surface area (Å²) in [7, 11) is 0. The van der Waals surface area contributed by atoms with E-state index in [1.54, 1.807) is 0 Å². The Morgan fingerprint density at radius 3 is 2.73 bits per heavy atom. The smallest absolute Gasteiger partial charge is 0.233 e. The van der Waals surface area contributed by atoms with Crippen LogP contribution in [0.5, 0.6) is 0 Å². The molecule has 0 aliphatic heterocycles. The summed E-state index contributed by atoms with van der Waals surface area (Å²) >= 11 is 0. The molecular formula is C8H16N2O. The monoisotopic (exact) mass is 156 g/mol. The summed E-state index contributed by atoms with van der Waals surface area (Å²) in [6.07, 6.45) is 6.90. The van der Waals surface area contributed by atoms with E-state index in [1.807, 2.05) is 0 Å². The fourth-order valence-electron chi connectivity index (χ4n) is 1.40.